The standard InChI is InChI=1S/C27H36O6/c1-14-11-23(33-25(31)19(14)13-28)15(2)27(32)10-8-20-18-12-22(30)17-5-4-6-21(29)24(17)16(18)7-9-26(20,27)3/h4-6,15-16,18,20,22-23,28-30,32H,7-13H2,1-3H3/t15-,16+,18-,20+,22-,23-,26+,27+/m1/s1. The third-order valence-electron chi connectivity index (χ3n) is 9.99. The molecule has 6 nitrogen and oxygen atoms in total. The summed E-state index contributed by atoms with van der Waals surface area (Å²) >= 11 is 0. The van der Waals surface area contributed by atoms with E-state index in [1.807, 2.05) is 19.9 Å². The molecule has 5 rings (SSSR count). The number of aromatic hydroxyl groups is 1. The minimum atomic E-state index is -0.992. The Labute approximate surface area is 195 Å². The highest BCUT2D eigenvalue weighted by Gasteiger charge is 2.65. The molecule has 3 aliphatic carbocycles. The number of carbonyl (C=O) groups excluding carboxylic acids is 1. The molecule has 1 aromatic carbocycles. The van der Waals surface area contributed by atoms with Crippen LogP contribution in [-0.2, 0) is 9.53 Å². The molecule has 0 unspecified atom stereocenters. The maximum Gasteiger partial charge on any atom is 0.336 e. The van der Waals surface area contributed by atoms with Crippen LogP contribution in [0.3, 0.4) is 0 Å². The number of fused-ring (bicyclic) bond motifs is 5. The number of aliphatic hydroxyl groups excluding tert-OH is 2. The van der Waals surface area contributed by atoms with Gasteiger partial charge in [0, 0.05) is 17.9 Å². The number of hydrogen-bond acceptors (Lipinski definition) is 6. The summed E-state index contributed by atoms with van der Waals surface area (Å²) in [4.78, 5) is 12.4. The van der Waals surface area contributed by atoms with Gasteiger partial charge in [0.05, 0.1) is 23.9 Å². The van der Waals surface area contributed by atoms with E-state index in [0.717, 1.165) is 36.0 Å². The lowest BCUT2D eigenvalue weighted by molar-refractivity contribution is -0.177. The van der Waals surface area contributed by atoms with Crippen LogP contribution in [0.2, 0.25) is 0 Å². The molecule has 0 saturated heterocycles. The van der Waals surface area contributed by atoms with Crippen LogP contribution in [0.15, 0.2) is 29.3 Å². The SMILES string of the molecule is CC1=C(CO)C(=O)O[C@@H]([C@@H](C)[C@@]2(O)CC[C@H]3[C@@H]4C[C@@H](O)c5cccc(O)c5[C@H]4CC[C@@]32C)C1. The first-order chi connectivity index (χ1) is 15.6. The molecule has 2 fully saturated rings. The zero-order chi connectivity index (χ0) is 23.7. The predicted octanol–water partition coefficient (Wildman–Crippen LogP) is 3.73. The van der Waals surface area contributed by atoms with Gasteiger partial charge in [-0.05, 0) is 73.8 Å². The largest absolute Gasteiger partial charge is 0.508 e. The molecule has 8 atom stereocenters. The maximum atomic E-state index is 12.4. The number of cyclic esters (lactones) is 1. The van der Waals surface area contributed by atoms with Gasteiger partial charge in [-0.1, -0.05) is 31.6 Å². The average molecular weight is 457 g/mol. The van der Waals surface area contributed by atoms with E-state index in [0.29, 0.717) is 24.8 Å². The number of aliphatic hydroxyl groups is 3. The van der Waals surface area contributed by atoms with Crippen molar-refractivity contribution in [1.82, 2.24) is 0 Å². The molecule has 4 N–H and O–H groups in total. The molecule has 0 bridgehead atoms. The molecule has 0 radical (unpaired) electrons. The number of hydrogen-bond donors (Lipinski definition) is 4. The molecule has 1 heterocycles. The van der Waals surface area contributed by atoms with Crippen LogP contribution in [-0.4, -0.2) is 44.7 Å². The van der Waals surface area contributed by atoms with Crippen molar-refractivity contribution in [1.29, 1.82) is 0 Å². The normalized spacial score (nSPS) is 41.2. The number of ether oxygens (including phenoxy) is 1. The van der Waals surface area contributed by atoms with Gasteiger partial charge in [0.2, 0.25) is 0 Å². The third kappa shape index (κ3) is 3.14. The van der Waals surface area contributed by atoms with E-state index < -0.39 is 23.8 Å². The fraction of sp³-hybridized carbons (Fsp3) is 0.667. The zero-order valence-corrected chi connectivity index (χ0v) is 19.8. The van der Waals surface area contributed by atoms with Crippen molar-refractivity contribution in [3.05, 3.63) is 40.5 Å². The number of esters is 1. The maximum absolute atomic E-state index is 12.4. The van der Waals surface area contributed by atoms with Gasteiger partial charge in [-0.3, -0.25) is 0 Å². The van der Waals surface area contributed by atoms with E-state index in [4.69, 9.17) is 4.74 Å². The molecule has 1 aliphatic heterocycles. The van der Waals surface area contributed by atoms with Gasteiger partial charge in [-0.25, -0.2) is 4.79 Å². The summed E-state index contributed by atoms with van der Waals surface area (Å²) in [5.74, 6) is 0.130. The number of phenols is 1. The summed E-state index contributed by atoms with van der Waals surface area (Å²) in [7, 11) is 0. The smallest absolute Gasteiger partial charge is 0.336 e. The second-order valence-corrected chi connectivity index (χ2v) is 11.2. The summed E-state index contributed by atoms with van der Waals surface area (Å²) < 4.78 is 5.72. The Balaban J connectivity index is 1.45. The third-order valence-corrected chi connectivity index (χ3v) is 9.99. The van der Waals surface area contributed by atoms with Crippen LogP contribution in [0.1, 0.15) is 82.4 Å². The van der Waals surface area contributed by atoms with Crippen molar-refractivity contribution >= 4 is 5.97 Å². The van der Waals surface area contributed by atoms with Gasteiger partial charge < -0.3 is 25.2 Å². The Bertz CT molecular complexity index is 1000. The van der Waals surface area contributed by atoms with Crippen molar-refractivity contribution in [3.8, 4) is 5.75 Å². The van der Waals surface area contributed by atoms with Gasteiger partial charge in [0.15, 0.2) is 0 Å². The van der Waals surface area contributed by atoms with Gasteiger partial charge in [-0.15, -0.1) is 0 Å². The van der Waals surface area contributed by atoms with E-state index in [1.165, 1.54) is 0 Å². The average Bonchev–Trinajstić information content (AvgIpc) is 3.05. The summed E-state index contributed by atoms with van der Waals surface area (Å²) in [6, 6.07) is 5.43. The van der Waals surface area contributed by atoms with Crippen LogP contribution < -0.4 is 0 Å². The first kappa shape index (κ1) is 22.9. The Morgan fingerprint density at radius 3 is 2.70 bits per heavy atom. The number of phenolic OH excluding ortho intramolecular Hbond substituents is 1. The van der Waals surface area contributed by atoms with Crippen molar-refractivity contribution < 1.29 is 30.0 Å². The first-order valence-electron chi connectivity index (χ1n) is 12.3. The van der Waals surface area contributed by atoms with E-state index in [9.17, 15) is 25.2 Å². The molecule has 33 heavy (non-hydrogen) atoms. The molecular weight excluding hydrogens is 420 g/mol. The molecule has 0 amide bonds. The molecule has 4 aliphatic rings. The predicted molar refractivity (Wildman–Crippen MR) is 122 cm³/mol. The lowest BCUT2D eigenvalue weighted by Gasteiger charge is -2.56. The highest BCUT2D eigenvalue weighted by molar-refractivity contribution is 5.90. The fourth-order valence-electron chi connectivity index (χ4n) is 8.06. The van der Waals surface area contributed by atoms with E-state index in [-0.39, 0.29) is 41.4 Å². The second kappa shape index (κ2) is 7.82. The number of carbonyl (C=O) groups is 1. The van der Waals surface area contributed by atoms with Crippen molar-refractivity contribution in [2.24, 2.45) is 23.2 Å². The molecule has 1 aromatic rings. The molecule has 0 spiro atoms. The molecule has 2 saturated carbocycles. The van der Waals surface area contributed by atoms with Crippen molar-refractivity contribution in [3.63, 3.8) is 0 Å². The highest BCUT2D eigenvalue weighted by Crippen LogP contribution is 2.67. The Morgan fingerprint density at radius 2 is 2.00 bits per heavy atom. The van der Waals surface area contributed by atoms with Crippen LogP contribution in [0.4, 0.5) is 0 Å². The summed E-state index contributed by atoms with van der Waals surface area (Å²) in [5, 5.41) is 43.2. The first-order valence-corrected chi connectivity index (χ1v) is 12.3. The molecule has 0 aromatic heterocycles. The van der Waals surface area contributed by atoms with Crippen LogP contribution in [0.5, 0.6) is 5.75 Å². The van der Waals surface area contributed by atoms with Gasteiger partial charge >= 0.3 is 5.97 Å². The monoisotopic (exact) mass is 456 g/mol. The van der Waals surface area contributed by atoms with Gasteiger partial charge in [-0.2, -0.15) is 0 Å². The van der Waals surface area contributed by atoms with Crippen LogP contribution in [0, 0.1) is 23.2 Å². The lowest BCUT2D eigenvalue weighted by atomic mass is 9.51. The van der Waals surface area contributed by atoms with Crippen LogP contribution >= 0.6 is 0 Å². The summed E-state index contributed by atoms with van der Waals surface area (Å²) in [6.07, 6.45) is 3.29. The quantitative estimate of drug-likeness (QED) is 0.517. The minimum Gasteiger partial charge on any atom is -0.508 e. The Hall–Kier alpha value is -1.89. The Kier molecular flexibility index (Phi) is 5.42. The lowest BCUT2D eigenvalue weighted by Crippen LogP contribution is -2.57. The van der Waals surface area contributed by atoms with E-state index >= 15 is 0 Å². The fourth-order valence-corrected chi connectivity index (χ4v) is 8.06. The zero-order valence-electron chi connectivity index (χ0n) is 19.8. The topological polar surface area (TPSA) is 107 Å². The van der Waals surface area contributed by atoms with Crippen LogP contribution in [0.25, 0.3) is 0 Å². The number of rotatable bonds is 3. The molecule has 180 valence electrons. The second-order valence-electron chi connectivity index (χ2n) is 11.2. The summed E-state index contributed by atoms with van der Waals surface area (Å²) in [5.41, 5.74) is 1.55. The highest BCUT2D eigenvalue weighted by atomic mass is 16.5. The summed E-state index contributed by atoms with van der Waals surface area (Å²) in [6.45, 7) is 5.70. The number of benzene rings is 1. The van der Waals surface area contributed by atoms with Gasteiger partial charge in [0.1, 0.15) is 11.9 Å². The van der Waals surface area contributed by atoms with E-state index in [1.54, 1.807) is 12.1 Å². The Morgan fingerprint density at radius 1 is 1.24 bits per heavy atom. The molecular formula is C27H36O6. The molecule has 6 heteroatoms. The van der Waals surface area contributed by atoms with Crippen molar-refractivity contribution in [2.75, 3.05) is 6.61 Å². The van der Waals surface area contributed by atoms with Crippen molar-refractivity contribution in [2.45, 2.75) is 83.0 Å². The minimum absolute atomic E-state index is 0.185. The van der Waals surface area contributed by atoms with Gasteiger partial charge in [0.25, 0.3) is 0 Å². The van der Waals surface area contributed by atoms with E-state index in [2.05, 4.69) is 6.92 Å².